The van der Waals surface area contributed by atoms with Gasteiger partial charge < -0.3 is 10.0 Å². The van der Waals surface area contributed by atoms with Crippen molar-refractivity contribution in [2.45, 2.75) is 58.6 Å². The predicted octanol–water partition coefficient (Wildman–Crippen LogP) is 2.09. The van der Waals surface area contributed by atoms with Crippen LogP contribution in [0.2, 0.25) is 0 Å². The molecule has 100 valence electrons. The van der Waals surface area contributed by atoms with E-state index in [1.54, 1.807) is 0 Å². The lowest BCUT2D eigenvalue weighted by Crippen LogP contribution is -2.46. The van der Waals surface area contributed by atoms with Gasteiger partial charge in [-0.05, 0) is 40.0 Å². The fraction of sp³-hybridized carbons (Fsp3) is 0.714. The van der Waals surface area contributed by atoms with Gasteiger partial charge in [-0.3, -0.25) is 0 Å². The first-order valence-electron chi connectivity index (χ1n) is 6.75. The van der Waals surface area contributed by atoms with Crippen molar-refractivity contribution in [3.8, 4) is 0 Å². The molecule has 4 heteroatoms. The first-order valence-corrected chi connectivity index (χ1v) is 6.75. The lowest BCUT2D eigenvalue weighted by molar-refractivity contribution is 0.0532. The van der Waals surface area contributed by atoms with Gasteiger partial charge in [0.1, 0.15) is 11.6 Å². The topological polar surface area (TPSA) is 49.2 Å². The summed E-state index contributed by atoms with van der Waals surface area (Å²) in [7, 11) is 0. The monoisotopic (exact) mass is 249 g/mol. The molecule has 0 saturated carbocycles. The fourth-order valence-electron chi connectivity index (χ4n) is 2.72. The Hall–Kier alpha value is -1.16. The van der Waals surface area contributed by atoms with Crippen LogP contribution in [0.1, 0.15) is 45.1 Å². The van der Waals surface area contributed by atoms with Gasteiger partial charge in [0.15, 0.2) is 0 Å². The quantitative estimate of drug-likeness (QED) is 0.891. The molecule has 1 N–H and O–H groups in total. The van der Waals surface area contributed by atoms with Gasteiger partial charge in [0.05, 0.1) is 11.6 Å². The minimum absolute atomic E-state index is 0.150. The van der Waals surface area contributed by atoms with Crippen molar-refractivity contribution in [1.29, 1.82) is 0 Å². The van der Waals surface area contributed by atoms with Crippen LogP contribution in [0.25, 0.3) is 0 Å². The Bertz CT molecular complexity index is 426. The summed E-state index contributed by atoms with van der Waals surface area (Å²) in [5.74, 6) is 1.77. The maximum Gasteiger partial charge on any atom is 0.132 e. The van der Waals surface area contributed by atoms with E-state index in [-0.39, 0.29) is 6.04 Å². The molecule has 1 aromatic rings. The Kier molecular flexibility index (Phi) is 3.57. The van der Waals surface area contributed by atoms with Crippen LogP contribution < -0.4 is 4.90 Å². The third kappa shape index (κ3) is 2.64. The molecular weight excluding hydrogens is 226 g/mol. The van der Waals surface area contributed by atoms with Crippen molar-refractivity contribution in [2.24, 2.45) is 0 Å². The van der Waals surface area contributed by atoms with Gasteiger partial charge in [-0.1, -0.05) is 6.92 Å². The molecule has 1 aliphatic heterocycles. The van der Waals surface area contributed by atoms with Gasteiger partial charge in [0.2, 0.25) is 0 Å². The van der Waals surface area contributed by atoms with E-state index in [9.17, 15) is 5.11 Å². The molecule has 0 aliphatic carbocycles. The lowest BCUT2D eigenvalue weighted by Gasteiger charge is -2.34. The van der Waals surface area contributed by atoms with Crippen LogP contribution in [0.4, 0.5) is 5.82 Å². The van der Waals surface area contributed by atoms with E-state index >= 15 is 0 Å². The van der Waals surface area contributed by atoms with Crippen molar-refractivity contribution < 1.29 is 5.11 Å². The normalized spacial score (nSPS) is 20.5. The number of aliphatic hydroxyl groups is 1. The number of aryl methyl sites for hydroxylation is 2. The zero-order chi connectivity index (χ0) is 13.3. The zero-order valence-electron chi connectivity index (χ0n) is 11.8. The summed E-state index contributed by atoms with van der Waals surface area (Å²) >= 11 is 0. The summed E-state index contributed by atoms with van der Waals surface area (Å²) in [5, 5.41) is 10.3. The second-order valence-corrected chi connectivity index (χ2v) is 5.62. The highest BCUT2D eigenvalue weighted by Gasteiger charge is 2.36. The van der Waals surface area contributed by atoms with Crippen molar-refractivity contribution in [3.05, 3.63) is 17.6 Å². The molecule has 1 unspecified atom stereocenters. The van der Waals surface area contributed by atoms with Gasteiger partial charge in [-0.2, -0.15) is 0 Å². The minimum atomic E-state index is -0.693. The summed E-state index contributed by atoms with van der Waals surface area (Å²) in [6, 6.07) is 2.20. The summed E-state index contributed by atoms with van der Waals surface area (Å²) in [6.45, 7) is 8.75. The average Bonchev–Trinajstić information content (AvgIpc) is 2.76. The van der Waals surface area contributed by atoms with E-state index in [4.69, 9.17) is 0 Å². The van der Waals surface area contributed by atoms with Crippen LogP contribution in [-0.4, -0.2) is 33.3 Å². The Balaban J connectivity index is 2.33. The number of nitrogens with zero attached hydrogens (tertiary/aromatic N) is 3. The summed E-state index contributed by atoms with van der Waals surface area (Å²) in [5.41, 5.74) is 0.376. The second-order valence-electron chi connectivity index (χ2n) is 5.62. The van der Waals surface area contributed by atoms with Gasteiger partial charge in [-0.15, -0.1) is 0 Å². The predicted molar refractivity (Wildman–Crippen MR) is 72.8 cm³/mol. The van der Waals surface area contributed by atoms with Crippen molar-refractivity contribution in [1.82, 2.24) is 9.97 Å². The highest BCUT2D eigenvalue weighted by atomic mass is 16.3. The Labute approximate surface area is 109 Å². The molecule has 0 amide bonds. The molecule has 1 aliphatic rings. The molecule has 18 heavy (non-hydrogen) atoms. The molecule has 0 radical (unpaired) electrons. The molecule has 2 rings (SSSR count). The third-order valence-corrected chi connectivity index (χ3v) is 3.60. The van der Waals surface area contributed by atoms with Gasteiger partial charge >= 0.3 is 0 Å². The van der Waals surface area contributed by atoms with E-state index in [0.717, 1.165) is 43.1 Å². The highest BCUT2D eigenvalue weighted by Crippen LogP contribution is 2.30. The number of hydrogen-bond donors (Lipinski definition) is 1. The summed E-state index contributed by atoms with van der Waals surface area (Å²) in [4.78, 5) is 11.2. The van der Waals surface area contributed by atoms with Crippen molar-refractivity contribution in [2.75, 3.05) is 11.4 Å². The third-order valence-electron chi connectivity index (χ3n) is 3.60. The largest absolute Gasteiger partial charge is 0.388 e. The maximum atomic E-state index is 10.3. The standard InChI is InChI=1S/C14H23N3O/c1-5-11-9-13(16-10(2)15-11)17-8-6-7-12(17)14(3,4)18/h9,12,18H,5-8H2,1-4H3. The van der Waals surface area contributed by atoms with E-state index in [2.05, 4.69) is 27.9 Å². The zero-order valence-corrected chi connectivity index (χ0v) is 11.8. The fourth-order valence-corrected chi connectivity index (χ4v) is 2.72. The summed E-state index contributed by atoms with van der Waals surface area (Å²) in [6.07, 6.45) is 3.05. The SMILES string of the molecule is CCc1cc(N2CCCC2C(C)(C)O)nc(C)n1. The molecule has 1 saturated heterocycles. The van der Waals surface area contributed by atoms with E-state index in [1.165, 1.54) is 0 Å². The molecule has 4 nitrogen and oxygen atoms in total. The first-order chi connectivity index (χ1) is 8.41. The van der Waals surface area contributed by atoms with Crippen LogP contribution in [0, 0.1) is 6.92 Å². The average molecular weight is 249 g/mol. The minimum Gasteiger partial charge on any atom is -0.388 e. The molecule has 1 atom stereocenters. The lowest BCUT2D eigenvalue weighted by atomic mass is 9.96. The van der Waals surface area contributed by atoms with Gasteiger partial charge in [0, 0.05) is 18.3 Å². The smallest absolute Gasteiger partial charge is 0.132 e. The van der Waals surface area contributed by atoms with Crippen molar-refractivity contribution in [3.63, 3.8) is 0 Å². The highest BCUT2D eigenvalue weighted by molar-refractivity contribution is 5.43. The van der Waals surface area contributed by atoms with E-state index in [0.29, 0.717) is 0 Å². The molecule has 1 aromatic heterocycles. The summed E-state index contributed by atoms with van der Waals surface area (Å²) < 4.78 is 0. The van der Waals surface area contributed by atoms with Crippen LogP contribution in [0.3, 0.4) is 0 Å². The van der Waals surface area contributed by atoms with Crippen molar-refractivity contribution >= 4 is 5.82 Å². The van der Waals surface area contributed by atoms with E-state index in [1.807, 2.05) is 20.8 Å². The van der Waals surface area contributed by atoms with Crippen LogP contribution in [0.5, 0.6) is 0 Å². The Morgan fingerprint density at radius 2 is 2.17 bits per heavy atom. The Morgan fingerprint density at radius 3 is 2.78 bits per heavy atom. The second kappa shape index (κ2) is 4.84. The van der Waals surface area contributed by atoms with Gasteiger partial charge in [-0.25, -0.2) is 9.97 Å². The van der Waals surface area contributed by atoms with Crippen LogP contribution >= 0.6 is 0 Å². The molecular formula is C14H23N3O. The molecule has 0 aromatic carbocycles. The maximum absolute atomic E-state index is 10.3. The van der Waals surface area contributed by atoms with Crippen LogP contribution in [0.15, 0.2) is 6.07 Å². The number of hydrogen-bond acceptors (Lipinski definition) is 4. The number of aromatic nitrogens is 2. The number of rotatable bonds is 3. The molecule has 0 bridgehead atoms. The molecule has 0 spiro atoms. The van der Waals surface area contributed by atoms with Gasteiger partial charge in [0.25, 0.3) is 0 Å². The molecule has 1 fully saturated rings. The van der Waals surface area contributed by atoms with E-state index < -0.39 is 5.60 Å². The number of anilines is 1. The molecule has 2 heterocycles. The first kappa shape index (κ1) is 13.3. The Morgan fingerprint density at radius 1 is 1.44 bits per heavy atom. The van der Waals surface area contributed by atoms with Crippen LogP contribution in [-0.2, 0) is 6.42 Å².